The van der Waals surface area contributed by atoms with Crippen LogP contribution in [0.5, 0.6) is 0 Å². The van der Waals surface area contributed by atoms with Crippen molar-refractivity contribution in [2.24, 2.45) is 11.5 Å². The van der Waals surface area contributed by atoms with Crippen molar-refractivity contribution in [3.05, 3.63) is 0 Å². The average molecular weight is 553 g/mol. The lowest BCUT2D eigenvalue weighted by molar-refractivity contribution is -0.139. The van der Waals surface area contributed by atoms with E-state index in [9.17, 15) is 9.59 Å². The Kier molecular flexibility index (Phi) is 65.3. The second-order valence-corrected chi connectivity index (χ2v) is 6.87. The van der Waals surface area contributed by atoms with Gasteiger partial charge in [0.2, 0.25) is 5.91 Å². The number of carboxylic acids is 2. The van der Waals surface area contributed by atoms with Crippen LogP contribution in [0.3, 0.4) is 0 Å². The fraction of sp³-hybridized carbons (Fsp3) is 0.769. The van der Waals surface area contributed by atoms with Crippen LogP contribution in [0.4, 0.5) is 0 Å². The average Bonchev–Trinajstić information content (AvgIpc) is 2.84. The second-order valence-electron chi connectivity index (χ2n) is 6.87. The third kappa shape index (κ3) is 76.6. The van der Waals surface area contributed by atoms with Crippen LogP contribution in [0.15, 0.2) is 0 Å². The summed E-state index contributed by atoms with van der Waals surface area (Å²) < 4.78 is 10.4. The highest BCUT2D eigenvalue weighted by atomic mass is 16.5. The van der Waals surface area contributed by atoms with Crippen molar-refractivity contribution in [3.63, 3.8) is 0 Å². The van der Waals surface area contributed by atoms with E-state index in [1.165, 1.54) is 32.1 Å². The van der Waals surface area contributed by atoms with Gasteiger partial charge in [-0.3, -0.25) is 14.4 Å². The summed E-state index contributed by atoms with van der Waals surface area (Å²) in [6.07, 6.45) is 15.5. The fourth-order valence-electron chi connectivity index (χ4n) is 1.40. The number of rotatable bonds is 13. The lowest BCUT2D eigenvalue weighted by Gasteiger charge is -2.10. The van der Waals surface area contributed by atoms with Gasteiger partial charge in [-0.1, -0.05) is 59.8 Å². The van der Waals surface area contributed by atoms with Gasteiger partial charge in [0.25, 0.3) is 5.97 Å². The number of carboxylic acid groups (broad SMARTS) is 2. The third-order valence-corrected chi connectivity index (χ3v) is 3.24. The molecule has 38 heavy (non-hydrogen) atoms. The van der Waals surface area contributed by atoms with Crippen LogP contribution in [0.2, 0.25) is 0 Å². The Hall–Kier alpha value is -2.56. The summed E-state index contributed by atoms with van der Waals surface area (Å²) in [5.74, 6) is -2.42. The first kappa shape index (κ1) is 48.5. The molecule has 0 bridgehead atoms. The zero-order valence-electron chi connectivity index (χ0n) is 24.5. The number of hydrogen-bond donors (Lipinski definition) is 6. The van der Waals surface area contributed by atoms with E-state index in [0.29, 0.717) is 39.3 Å². The van der Waals surface area contributed by atoms with E-state index in [1.54, 1.807) is 0 Å². The number of terminal acetylenes is 1. The van der Waals surface area contributed by atoms with E-state index in [2.05, 4.69) is 43.1 Å². The first-order valence-electron chi connectivity index (χ1n) is 12.9. The zero-order valence-corrected chi connectivity index (χ0v) is 24.5. The van der Waals surface area contributed by atoms with Gasteiger partial charge in [0.15, 0.2) is 0 Å². The number of aliphatic carboxylic acids is 2. The minimum absolute atomic E-state index is 0.139. The number of carbonyl (C=O) groups excluding carboxylic acids is 2. The molecule has 1 aliphatic rings. The molecule has 1 saturated carbocycles. The van der Waals surface area contributed by atoms with Crippen LogP contribution in [0.1, 0.15) is 73.1 Å². The van der Waals surface area contributed by atoms with Crippen molar-refractivity contribution < 1.29 is 38.9 Å². The standard InChI is InChI=1S/C11H23N3O5.C4H8.C3H8.C2H5NO.C2H4O2.C2H6.C2H2/c1-13-2-4-18-6-7-19-5-3-14-11(17)9(12)8-10(15)16;1-2-4-3-1;1-3-2;3-1-2-4;1-2(3)4;2*1-2/h9,13H,2-8,12H2,1H3,(H,14,17)(H,15,16);1-4H2;3H2,1-2H3;2H,1,3H2;1H3,(H,3,4);1-2H3;1-2H/t9-;;;;;;/m0....../s1. The SMILES string of the molecule is C#C.C1CCC1.CC.CC(=O)O.CCC.CNCCOCCOCCNC(=O)[C@@H](N)CC(=O)O.NCC=O. The van der Waals surface area contributed by atoms with Gasteiger partial charge >= 0.3 is 5.97 Å². The van der Waals surface area contributed by atoms with Gasteiger partial charge < -0.3 is 46.6 Å². The Morgan fingerprint density at radius 1 is 0.947 bits per heavy atom. The molecule has 0 radical (unpaired) electrons. The largest absolute Gasteiger partial charge is 0.481 e. The van der Waals surface area contributed by atoms with Crippen molar-refractivity contribution in [2.75, 3.05) is 53.1 Å². The van der Waals surface area contributed by atoms with E-state index < -0.39 is 23.9 Å². The van der Waals surface area contributed by atoms with Gasteiger partial charge in [0, 0.05) is 26.6 Å². The lowest BCUT2D eigenvalue weighted by atomic mass is 10.0. The van der Waals surface area contributed by atoms with Gasteiger partial charge in [-0.25, -0.2) is 0 Å². The molecule has 1 atom stereocenters. The van der Waals surface area contributed by atoms with Crippen molar-refractivity contribution in [1.82, 2.24) is 10.6 Å². The molecule has 0 aromatic heterocycles. The van der Waals surface area contributed by atoms with Crippen LogP contribution in [0.25, 0.3) is 0 Å². The Labute approximate surface area is 230 Å². The van der Waals surface area contributed by atoms with E-state index in [4.69, 9.17) is 35.0 Å². The molecule has 12 nitrogen and oxygen atoms in total. The minimum Gasteiger partial charge on any atom is -0.481 e. The third-order valence-electron chi connectivity index (χ3n) is 3.24. The number of aldehydes is 1. The molecule has 0 aliphatic heterocycles. The molecule has 0 aromatic carbocycles. The molecule has 0 unspecified atom stereocenters. The van der Waals surface area contributed by atoms with Gasteiger partial charge in [0.1, 0.15) is 6.29 Å². The van der Waals surface area contributed by atoms with Gasteiger partial charge in [-0.05, 0) is 7.05 Å². The normalized spacial score (nSPS) is 10.6. The minimum atomic E-state index is -1.10. The Bertz CT molecular complexity index is 495. The number of carbonyl (C=O) groups is 4. The Morgan fingerprint density at radius 3 is 1.55 bits per heavy atom. The summed E-state index contributed by atoms with van der Waals surface area (Å²) in [7, 11) is 1.84. The van der Waals surface area contributed by atoms with Gasteiger partial charge in [-0.15, -0.1) is 12.8 Å². The Balaban J connectivity index is -0.000000108. The van der Waals surface area contributed by atoms with Crippen LogP contribution >= 0.6 is 0 Å². The van der Waals surface area contributed by atoms with Gasteiger partial charge in [0.05, 0.1) is 38.9 Å². The second kappa shape index (κ2) is 51.1. The maximum atomic E-state index is 11.3. The molecule has 0 aromatic rings. The number of likely N-dealkylation sites (N-methyl/N-ethyl adjacent to an activating group) is 1. The van der Waals surface area contributed by atoms with E-state index in [1.807, 2.05) is 20.9 Å². The number of nitrogens with one attached hydrogen (secondary N) is 2. The highest BCUT2D eigenvalue weighted by Crippen LogP contribution is 2.15. The maximum absolute atomic E-state index is 11.3. The summed E-state index contributed by atoms with van der Waals surface area (Å²) in [4.78, 5) is 39.7. The molecule has 0 spiro atoms. The lowest BCUT2D eigenvalue weighted by Crippen LogP contribution is -2.43. The molecular formula is C26H56N4O8. The monoisotopic (exact) mass is 552 g/mol. The van der Waals surface area contributed by atoms with Crippen molar-refractivity contribution in [2.45, 2.75) is 79.2 Å². The van der Waals surface area contributed by atoms with Crippen molar-refractivity contribution in [1.29, 1.82) is 0 Å². The zero-order chi connectivity index (χ0) is 31.0. The first-order valence-corrected chi connectivity index (χ1v) is 12.9. The number of ether oxygens (including phenoxy) is 2. The van der Waals surface area contributed by atoms with E-state index >= 15 is 0 Å². The summed E-state index contributed by atoms with van der Waals surface area (Å²) in [5.41, 5.74) is 10.0. The summed E-state index contributed by atoms with van der Waals surface area (Å²) in [5, 5.41) is 21.3. The number of hydrogen-bond acceptors (Lipinski definition) is 9. The number of amides is 1. The van der Waals surface area contributed by atoms with Crippen LogP contribution < -0.4 is 22.1 Å². The predicted octanol–water partition coefficient (Wildman–Crippen LogP) is 1.64. The molecule has 228 valence electrons. The first-order chi connectivity index (χ1) is 18.1. The van der Waals surface area contributed by atoms with Crippen molar-refractivity contribution in [3.8, 4) is 12.8 Å². The smallest absolute Gasteiger partial charge is 0.305 e. The molecule has 1 aliphatic carbocycles. The van der Waals surface area contributed by atoms with E-state index in [0.717, 1.165) is 13.5 Å². The molecule has 8 N–H and O–H groups in total. The molecule has 12 heteroatoms. The van der Waals surface area contributed by atoms with Crippen LogP contribution in [-0.2, 0) is 28.7 Å². The topological polar surface area (TPSA) is 203 Å². The maximum Gasteiger partial charge on any atom is 0.305 e. The van der Waals surface area contributed by atoms with Gasteiger partial charge in [-0.2, -0.15) is 0 Å². The van der Waals surface area contributed by atoms with Crippen LogP contribution in [-0.4, -0.2) is 93.5 Å². The summed E-state index contributed by atoms with van der Waals surface area (Å²) in [6.45, 7) is 12.5. The highest BCUT2D eigenvalue weighted by Gasteiger charge is 2.15. The Morgan fingerprint density at radius 2 is 1.29 bits per heavy atom. The fourth-order valence-corrected chi connectivity index (χ4v) is 1.40. The van der Waals surface area contributed by atoms with Crippen molar-refractivity contribution >= 4 is 24.1 Å². The number of nitrogens with two attached hydrogens (primary N) is 2. The molecular weight excluding hydrogens is 496 g/mol. The quantitative estimate of drug-likeness (QED) is 0.110. The molecule has 1 fully saturated rings. The van der Waals surface area contributed by atoms with E-state index in [-0.39, 0.29) is 13.0 Å². The molecule has 0 saturated heterocycles. The summed E-state index contributed by atoms with van der Waals surface area (Å²) in [6, 6.07) is -1.03. The highest BCUT2D eigenvalue weighted by molar-refractivity contribution is 5.85. The molecule has 1 rings (SSSR count). The molecule has 1 amide bonds. The summed E-state index contributed by atoms with van der Waals surface area (Å²) >= 11 is 0. The van der Waals surface area contributed by atoms with Crippen LogP contribution in [0, 0.1) is 12.8 Å². The molecule has 0 heterocycles. The predicted molar refractivity (Wildman–Crippen MR) is 153 cm³/mol.